The van der Waals surface area contributed by atoms with Gasteiger partial charge in [-0.15, -0.1) is 0 Å². The van der Waals surface area contributed by atoms with Gasteiger partial charge in [-0.25, -0.2) is 0 Å². The Kier molecular flexibility index (Phi) is 5.11. The maximum atomic E-state index is 2.75. The van der Waals surface area contributed by atoms with Gasteiger partial charge in [0, 0.05) is 25.7 Å². The van der Waals surface area contributed by atoms with Crippen molar-refractivity contribution in [2.75, 3.05) is 32.7 Å². The first-order valence-electron chi connectivity index (χ1n) is 7.36. The lowest BCUT2D eigenvalue weighted by Crippen LogP contribution is -2.46. The Labute approximate surface area is 101 Å². The molecular formula is C14H28N2. The van der Waals surface area contributed by atoms with Crippen molar-refractivity contribution in [3.05, 3.63) is 0 Å². The lowest BCUT2D eigenvalue weighted by molar-refractivity contribution is 0.133. The average Bonchev–Trinajstić information content (AvgIpc) is 2.69. The molecule has 0 spiro atoms. The molecule has 2 aliphatic heterocycles. The van der Waals surface area contributed by atoms with Gasteiger partial charge in [0.1, 0.15) is 0 Å². The molecule has 2 fully saturated rings. The topological polar surface area (TPSA) is 6.48 Å². The Morgan fingerprint density at radius 1 is 0.938 bits per heavy atom. The summed E-state index contributed by atoms with van der Waals surface area (Å²) in [5.74, 6) is 0. The zero-order valence-corrected chi connectivity index (χ0v) is 11.0. The number of fused-ring (bicyclic) bond motifs is 2. The van der Waals surface area contributed by atoms with Crippen molar-refractivity contribution in [2.45, 2.75) is 57.9 Å². The van der Waals surface area contributed by atoms with Gasteiger partial charge in [0.25, 0.3) is 0 Å². The number of hydrogen-bond acceptors (Lipinski definition) is 2. The maximum absolute atomic E-state index is 2.75. The number of hydrogen-bond donors (Lipinski definition) is 0. The van der Waals surface area contributed by atoms with E-state index < -0.39 is 0 Å². The minimum atomic E-state index is 0.907. The molecule has 0 amide bonds. The summed E-state index contributed by atoms with van der Waals surface area (Å²) in [6, 6.07) is 0.907. The van der Waals surface area contributed by atoms with Gasteiger partial charge in [-0.2, -0.15) is 0 Å². The summed E-state index contributed by atoms with van der Waals surface area (Å²) in [6.07, 6.45) is 10.0. The highest BCUT2D eigenvalue weighted by Crippen LogP contribution is 2.20. The van der Waals surface area contributed by atoms with E-state index >= 15 is 0 Å². The van der Waals surface area contributed by atoms with Gasteiger partial charge >= 0.3 is 0 Å². The van der Waals surface area contributed by atoms with Crippen LogP contribution in [0.5, 0.6) is 0 Å². The molecule has 16 heavy (non-hydrogen) atoms. The fourth-order valence-corrected chi connectivity index (χ4v) is 3.16. The standard InChI is InChI=1S/C14H28N2/c1-2-3-4-5-6-7-9-16-12-11-15-10-8-14(16)13-15/h14H,2-13H2,1H3. The van der Waals surface area contributed by atoms with E-state index in [0.29, 0.717) is 0 Å². The predicted molar refractivity (Wildman–Crippen MR) is 69.8 cm³/mol. The molecule has 0 aromatic rings. The van der Waals surface area contributed by atoms with E-state index in [-0.39, 0.29) is 0 Å². The molecule has 0 radical (unpaired) electrons. The second kappa shape index (κ2) is 6.61. The first kappa shape index (κ1) is 12.4. The van der Waals surface area contributed by atoms with Crippen LogP contribution in [0.15, 0.2) is 0 Å². The third kappa shape index (κ3) is 3.46. The molecule has 2 nitrogen and oxygen atoms in total. The van der Waals surface area contributed by atoms with E-state index in [4.69, 9.17) is 0 Å². The van der Waals surface area contributed by atoms with Crippen molar-refractivity contribution in [1.82, 2.24) is 9.80 Å². The summed E-state index contributed by atoms with van der Waals surface area (Å²) < 4.78 is 0. The van der Waals surface area contributed by atoms with Gasteiger partial charge in [0.2, 0.25) is 0 Å². The molecule has 0 saturated carbocycles. The van der Waals surface area contributed by atoms with Crippen molar-refractivity contribution in [3.63, 3.8) is 0 Å². The molecule has 2 heterocycles. The first-order valence-corrected chi connectivity index (χ1v) is 7.36. The van der Waals surface area contributed by atoms with Crippen molar-refractivity contribution in [2.24, 2.45) is 0 Å². The van der Waals surface area contributed by atoms with Gasteiger partial charge in [0.05, 0.1) is 0 Å². The SMILES string of the molecule is CCCCCCCCN1CCN2CCC1C2. The van der Waals surface area contributed by atoms with Crippen LogP contribution < -0.4 is 0 Å². The Morgan fingerprint density at radius 3 is 2.62 bits per heavy atom. The fourth-order valence-electron chi connectivity index (χ4n) is 3.16. The lowest BCUT2D eigenvalue weighted by atomic mass is 10.1. The van der Waals surface area contributed by atoms with Crippen LogP contribution >= 0.6 is 0 Å². The van der Waals surface area contributed by atoms with Crippen molar-refractivity contribution in [1.29, 1.82) is 0 Å². The third-order valence-electron chi connectivity index (χ3n) is 4.27. The number of unbranched alkanes of at least 4 members (excludes halogenated alkanes) is 5. The van der Waals surface area contributed by atoms with Crippen LogP contribution in [0.2, 0.25) is 0 Å². The highest BCUT2D eigenvalue weighted by molar-refractivity contribution is 4.88. The van der Waals surface area contributed by atoms with Crippen LogP contribution in [-0.4, -0.2) is 48.6 Å². The van der Waals surface area contributed by atoms with E-state index in [2.05, 4.69) is 16.7 Å². The minimum absolute atomic E-state index is 0.907. The van der Waals surface area contributed by atoms with Crippen molar-refractivity contribution >= 4 is 0 Å². The Morgan fingerprint density at radius 2 is 1.75 bits per heavy atom. The predicted octanol–water partition coefficient (Wildman–Crippen LogP) is 2.74. The molecule has 2 atom stereocenters. The summed E-state index contributed by atoms with van der Waals surface area (Å²) in [5, 5.41) is 0. The normalized spacial score (nSPS) is 29.8. The summed E-state index contributed by atoms with van der Waals surface area (Å²) in [4.78, 5) is 5.38. The van der Waals surface area contributed by atoms with Gasteiger partial charge in [0.15, 0.2) is 0 Å². The van der Waals surface area contributed by atoms with Gasteiger partial charge < -0.3 is 4.90 Å². The van der Waals surface area contributed by atoms with Gasteiger partial charge in [-0.1, -0.05) is 39.0 Å². The van der Waals surface area contributed by atoms with E-state index in [1.165, 1.54) is 77.7 Å². The molecule has 0 aliphatic carbocycles. The van der Waals surface area contributed by atoms with Crippen LogP contribution in [-0.2, 0) is 0 Å². The van der Waals surface area contributed by atoms with Crippen LogP contribution in [0.3, 0.4) is 0 Å². The molecule has 2 heteroatoms. The maximum Gasteiger partial charge on any atom is 0.0235 e. The molecule has 2 unspecified atom stereocenters. The molecule has 0 aromatic carbocycles. The van der Waals surface area contributed by atoms with Crippen LogP contribution in [0.1, 0.15) is 51.9 Å². The number of rotatable bonds is 7. The summed E-state index contributed by atoms with van der Waals surface area (Å²) in [7, 11) is 0. The zero-order valence-electron chi connectivity index (χ0n) is 11.0. The molecule has 2 bridgehead atoms. The lowest BCUT2D eigenvalue weighted by Gasteiger charge is -2.34. The van der Waals surface area contributed by atoms with E-state index in [1.807, 2.05) is 0 Å². The number of nitrogens with zero attached hydrogens (tertiary/aromatic N) is 2. The summed E-state index contributed by atoms with van der Waals surface area (Å²) in [6.45, 7) is 9.03. The Balaban J connectivity index is 1.52. The Bertz CT molecular complexity index is 193. The molecule has 0 N–H and O–H groups in total. The van der Waals surface area contributed by atoms with Gasteiger partial charge in [-0.05, 0) is 25.9 Å². The van der Waals surface area contributed by atoms with Crippen LogP contribution in [0.4, 0.5) is 0 Å². The van der Waals surface area contributed by atoms with Crippen molar-refractivity contribution in [3.8, 4) is 0 Å². The van der Waals surface area contributed by atoms with E-state index in [0.717, 1.165) is 6.04 Å². The largest absolute Gasteiger partial charge is 0.300 e. The van der Waals surface area contributed by atoms with Crippen LogP contribution in [0, 0.1) is 0 Å². The molecule has 2 aliphatic rings. The molecule has 2 rings (SSSR count). The number of piperazine rings is 1. The average molecular weight is 224 g/mol. The summed E-state index contributed by atoms with van der Waals surface area (Å²) in [5.41, 5.74) is 0. The monoisotopic (exact) mass is 224 g/mol. The molecular weight excluding hydrogens is 196 g/mol. The quantitative estimate of drug-likeness (QED) is 0.614. The summed E-state index contributed by atoms with van der Waals surface area (Å²) >= 11 is 0. The third-order valence-corrected chi connectivity index (χ3v) is 4.27. The highest BCUT2D eigenvalue weighted by Gasteiger charge is 2.31. The highest BCUT2D eigenvalue weighted by atomic mass is 15.3. The van der Waals surface area contributed by atoms with Crippen LogP contribution in [0.25, 0.3) is 0 Å². The van der Waals surface area contributed by atoms with E-state index in [1.54, 1.807) is 0 Å². The second-order valence-electron chi connectivity index (χ2n) is 5.55. The molecule has 0 aromatic heterocycles. The molecule has 94 valence electrons. The molecule has 2 saturated heterocycles. The first-order chi connectivity index (χ1) is 7.90. The minimum Gasteiger partial charge on any atom is -0.300 e. The zero-order chi connectivity index (χ0) is 11.2. The Hall–Kier alpha value is -0.0800. The van der Waals surface area contributed by atoms with Gasteiger partial charge in [-0.3, -0.25) is 4.90 Å². The van der Waals surface area contributed by atoms with E-state index in [9.17, 15) is 0 Å². The second-order valence-corrected chi connectivity index (χ2v) is 5.55. The fraction of sp³-hybridized carbons (Fsp3) is 1.00. The smallest absolute Gasteiger partial charge is 0.0235 e. The van der Waals surface area contributed by atoms with Crippen molar-refractivity contribution < 1.29 is 0 Å².